The van der Waals surface area contributed by atoms with E-state index in [0.717, 1.165) is 23.4 Å². The molecule has 2 aliphatic heterocycles. The smallest absolute Gasteiger partial charge is 0.264 e. The van der Waals surface area contributed by atoms with Gasteiger partial charge in [0.15, 0.2) is 18.2 Å². The average molecular weight is 372 g/mol. The molecular weight excluding hydrogens is 354 g/mol. The molecule has 2 aliphatic rings. The molecule has 2 heterocycles. The van der Waals surface area contributed by atoms with E-state index in [1.165, 1.54) is 4.90 Å². The molecule has 0 saturated heterocycles. The summed E-state index contributed by atoms with van der Waals surface area (Å²) in [5.74, 6) is -1.67. The van der Waals surface area contributed by atoms with Crippen LogP contribution in [0.15, 0.2) is 30.3 Å². The van der Waals surface area contributed by atoms with Crippen molar-refractivity contribution in [3.8, 4) is 5.75 Å². The highest BCUT2D eigenvalue weighted by atomic mass is 19.2. The van der Waals surface area contributed by atoms with Crippen molar-refractivity contribution in [2.75, 3.05) is 23.4 Å². The highest BCUT2D eigenvalue weighted by Gasteiger charge is 2.25. The number of rotatable bonds is 3. The number of carbonyl (C=O) groups excluding carboxylic acids is 2. The molecule has 4 rings (SSSR count). The van der Waals surface area contributed by atoms with E-state index in [0.29, 0.717) is 49.2 Å². The molecule has 0 unspecified atom stereocenters. The van der Waals surface area contributed by atoms with Gasteiger partial charge in [-0.1, -0.05) is 0 Å². The molecule has 5 nitrogen and oxygen atoms in total. The zero-order valence-electron chi connectivity index (χ0n) is 14.6. The van der Waals surface area contributed by atoms with Crippen LogP contribution in [0.2, 0.25) is 0 Å². The molecule has 0 saturated carbocycles. The van der Waals surface area contributed by atoms with Crippen LogP contribution in [0.5, 0.6) is 5.75 Å². The van der Waals surface area contributed by atoms with Crippen LogP contribution >= 0.6 is 0 Å². The maximum atomic E-state index is 13.6. The second-order valence-corrected chi connectivity index (χ2v) is 6.70. The van der Waals surface area contributed by atoms with Crippen molar-refractivity contribution < 1.29 is 23.1 Å². The summed E-state index contributed by atoms with van der Waals surface area (Å²) in [6, 6.07) is 7.48. The number of nitrogens with one attached hydrogen (secondary N) is 1. The molecule has 2 aromatic rings. The summed E-state index contributed by atoms with van der Waals surface area (Å²) < 4.78 is 32.7. The standard InChI is InChI=1S/C20H18F2N2O3/c21-15-9-13-2-1-7-24(18(13)10-16(15)22)20(26)11-27-14-4-5-17-12(8-14)3-6-19(25)23-17/h4-5,8-10H,1-3,6-7,11H2,(H,23,25). The van der Waals surface area contributed by atoms with E-state index in [1.54, 1.807) is 18.2 Å². The third-order valence-electron chi connectivity index (χ3n) is 4.88. The van der Waals surface area contributed by atoms with Crippen LogP contribution in [0.1, 0.15) is 24.0 Å². The van der Waals surface area contributed by atoms with Crippen molar-refractivity contribution in [2.24, 2.45) is 0 Å². The van der Waals surface area contributed by atoms with E-state index < -0.39 is 11.6 Å². The summed E-state index contributed by atoms with van der Waals surface area (Å²) in [5.41, 5.74) is 2.74. The summed E-state index contributed by atoms with van der Waals surface area (Å²) in [6.07, 6.45) is 2.33. The Morgan fingerprint density at radius 2 is 1.89 bits per heavy atom. The lowest BCUT2D eigenvalue weighted by atomic mass is 10.0. The highest BCUT2D eigenvalue weighted by Crippen LogP contribution is 2.30. The normalized spacial score (nSPS) is 15.6. The summed E-state index contributed by atoms with van der Waals surface area (Å²) >= 11 is 0. The molecule has 2 aromatic carbocycles. The maximum absolute atomic E-state index is 13.6. The zero-order chi connectivity index (χ0) is 19.0. The van der Waals surface area contributed by atoms with Gasteiger partial charge in [-0.2, -0.15) is 0 Å². The van der Waals surface area contributed by atoms with Gasteiger partial charge in [-0.25, -0.2) is 8.78 Å². The predicted molar refractivity (Wildman–Crippen MR) is 95.9 cm³/mol. The monoisotopic (exact) mass is 372 g/mol. The third-order valence-corrected chi connectivity index (χ3v) is 4.88. The summed E-state index contributed by atoms with van der Waals surface area (Å²) in [5, 5.41) is 2.79. The fourth-order valence-electron chi connectivity index (χ4n) is 3.51. The molecule has 0 aliphatic carbocycles. The van der Waals surface area contributed by atoms with Crippen molar-refractivity contribution in [1.82, 2.24) is 0 Å². The van der Waals surface area contributed by atoms with Crippen LogP contribution in [0.25, 0.3) is 0 Å². The number of hydrogen-bond acceptors (Lipinski definition) is 3. The number of ether oxygens (including phenoxy) is 1. The first-order valence-corrected chi connectivity index (χ1v) is 8.85. The van der Waals surface area contributed by atoms with E-state index >= 15 is 0 Å². The molecule has 0 atom stereocenters. The van der Waals surface area contributed by atoms with Crippen LogP contribution in [0, 0.1) is 11.6 Å². The lowest BCUT2D eigenvalue weighted by molar-refractivity contribution is -0.120. The second kappa shape index (κ2) is 6.98. The predicted octanol–water partition coefficient (Wildman–Crippen LogP) is 3.21. The minimum atomic E-state index is -0.967. The number of hydrogen-bond donors (Lipinski definition) is 1. The minimum Gasteiger partial charge on any atom is -0.484 e. The molecular formula is C20H18F2N2O3. The van der Waals surface area contributed by atoms with Gasteiger partial charge in [-0.3, -0.25) is 9.59 Å². The molecule has 140 valence electrons. The SMILES string of the molecule is O=C1CCc2cc(OCC(=O)N3CCCc4cc(F)c(F)cc43)ccc2N1. The number of nitrogens with zero attached hydrogens (tertiary/aromatic N) is 1. The first-order valence-electron chi connectivity index (χ1n) is 8.85. The van der Waals surface area contributed by atoms with Crippen LogP contribution in [0.3, 0.4) is 0 Å². The van der Waals surface area contributed by atoms with Gasteiger partial charge in [0, 0.05) is 24.7 Å². The number of halogens is 2. The molecule has 2 amide bonds. The van der Waals surface area contributed by atoms with Gasteiger partial charge < -0.3 is 15.0 Å². The Kier molecular flexibility index (Phi) is 4.51. The third kappa shape index (κ3) is 3.49. The van der Waals surface area contributed by atoms with Gasteiger partial charge in [0.1, 0.15) is 5.75 Å². The van der Waals surface area contributed by atoms with Crippen molar-refractivity contribution in [3.63, 3.8) is 0 Å². The first kappa shape index (κ1) is 17.5. The molecule has 0 spiro atoms. The Morgan fingerprint density at radius 3 is 2.74 bits per heavy atom. The second-order valence-electron chi connectivity index (χ2n) is 6.70. The van der Waals surface area contributed by atoms with Crippen LogP contribution < -0.4 is 15.0 Å². The number of fused-ring (bicyclic) bond motifs is 2. The van der Waals surface area contributed by atoms with Gasteiger partial charge in [0.25, 0.3) is 5.91 Å². The highest BCUT2D eigenvalue weighted by molar-refractivity contribution is 5.96. The van der Waals surface area contributed by atoms with Gasteiger partial charge in [0.05, 0.1) is 5.69 Å². The largest absolute Gasteiger partial charge is 0.484 e. The summed E-state index contributed by atoms with van der Waals surface area (Å²) in [4.78, 5) is 25.4. The van der Waals surface area contributed by atoms with E-state index in [-0.39, 0.29) is 18.4 Å². The van der Waals surface area contributed by atoms with Crippen LogP contribution in [-0.2, 0) is 22.4 Å². The topological polar surface area (TPSA) is 58.6 Å². The van der Waals surface area contributed by atoms with Crippen LogP contribution in [0.4, 0.5) is 20.2 Å². The molecule has 27 heavy (non-hydrogen) atoms. The lowest BCUT2D eigenvalue weighted by Gasteiger charge is -2.29. The fraction of sp³-hybridized carbons (Fsp3) is 0.300. The van der Waals surface area contributed by atoms with E-state index in [1.807, 2.05) is 0 Å². The van der Waals surface area contributed by atoms with E-state index in [2.05, 4.69) is 5.32 Å². The first-order chi connectivity index (χ1) is 13.0. The Balaban J connectivity index is 1.47. The van der Waals surface area contributed by atoms with E-state index in [4.69, 9.17) is 4.74 Å². The van der Waals surface area contributed by atoms with Crippen molar-refractivity contribution in [3.05, 3.63) is 53.1 Å². The zero-order valence-corrected chi connectivity index (χ0v) is 14.6. The number of amides is 2. The van der Waals surface area contributed by atoms with Gasteiger partial charge in [0.2, 0.25) is 5.91 Å². The minimum absolute atomic E-state index is 0.0150. The number of anilines is 2. The molecule has 1 N–H and O–H groups in total. The van der Waals surface area contributed by atoms with Crippen LogP contribution in [-0.4, -0.2) is 25.0 Å². The van der Waals surface area contributed by atoms with Crippen molar-refractivity contribution in [1.29, 1.82) is 0 Å². The quantitative estimate of drug-likeness (QED) is 0.900. The van der Waals surface area contributed by atoms with Gasteiger partial charge >= 0.3 is 0 Å². The molecule has 0 aromatic heterocycles. The molecule has 0 radical (unpaired) electrons. The Labute approximate surface area is 154 Å². The van der Waals surface area contributed by atoms with Crippen molar-refractivity contribution >= 4 is 23.2 Å². The van der Waals surface area contributed by atoms with Gasteiger partial charge in [-0.15, -0.1) is 0 Å². The summed E-state index contributed by atoms with van der Waals surface area (Å²) in [7, 11) is 0. The van der Waals surface area contributed by atoms with E-state index in [9.17, 15) is 18.4 Å². The molecule has 7 heteroatoms. The fourth-order valence-corrected chi connectivity index (χ4v) is 3.51. The molecule has 0 bridgehead atoms. The number of aryl methyl sites for hydroxylation is 2. The Hall–Kier alpha value is -2.96. The number of benzene rings is 2. The van der Waals surface area contributed by atoms with Gasteiger partial charge in [-0.05, 0) is 54.7 Å². The number of carbonyl (C=O) groups is 2. The molecule has 0 fully saturated rings. The summed E-state index contributed by atoms with van der Waals surface area (Å²) in [6.45, 7) is 0.236. The maximum Gasteiger partial charge on any atom is 0.264 e. The Bertz CT molecular complexity index is 930. The Morgan fingerprint density at radius 1 is 1.07 bits per heavy atom. The lowest BCUT2D eigenvalue weighted by Crippen LogP contribution is -2.38. The van der Waals surface area contributed by atoms with Crippen molar-refractivity contribution in [2.45, 2.75) is 25.7 Å². The average Bonchev–Trinajstić information content (AvgIpc) is 2.66.